The minimum atomic E-state index is -3.11. The third kappa shape index (κ3) is 477. The molecule has 0 aliphatic heterocycles. The van der Waals surface area contributed by atoms with Crippen molar-refractivity contribution in [3.05, 3.63) is 12.7 Å². The van der Waals surface area contributed by atoms with Gasteiger partial charge in [0, 0.05) is 0 Å². The summed E-state index contributed by atoms with van der Waals surface area (Å²) in [5.41, 5.74) is 0. The van der Waals surface area contributed by atoms with E-state index >= 15 is 0 Å². The lowest BCUT2D eigenvalue weighted by molar-refractivity contribution is -0.104. The third-order valence-electron chi connectivity index (χ3n) is 0.0962. The summed E-state index contributed by atoms with van der Waals surface area (Å²) in [6.07, 6.45) is 1.83. The lowest BCUT2D eigenvalue weighted by Crippen LogP contribution is -1.76. The van der Waals surface area contributed by atoms with Gasteiger partial charge < -0.3 is 9.11 Å². The molecule has 0 fully saturated rings. The number of aldehydes is 1. The van der Waals surface area contributed by atoms with E-state index in [2.05, 4.69) is 6.58 Å². The molecular formula is C3H4O4S-2. The fraction of sp³-hybridized carbons (Fsp3) is 0. The first-order valence-electron chi connectivity index (χ1n) is 1.48. The van der Waals surface area contributed by atoms with Gasteiger partial charge in [0.25, 0.3) is 0 Å². The summed E-state index contributed by atoms with van der Waals surface area (Å²) in [4.78, 5) is 9.06. The maximum atomic E-state index is 9.06. The zero-order chi connectivity index (χ0) is 6.99. The van der Waals surface area contributed by atoms with Crippen LogP contribution in [0.4, 0.5) is 0 Å². The van der Waals surface area contributed by atoms with Crippen molar-refractivity contribution in [2.24, 2.45) is 0 Å². The smallest absolute Gasteiger partial charge is 0.142 e. The van der Waals surface area contributed by atoms with Gasteiger partial charge in [0.05, 0.1) is 0 Å². The number of carbonyl (C=O) groups is 1. The normalized spacial score (nSPS) is 6.88. The van der Waals surface area contributed by atoms with Crippen LogP contribution in [0.5, 0.6) is 0 Å². The largest absolute Gasteiger partial charge is 0.784 e. The van der Waals surface area contributed by atoms with Crippen molar-refractivity contribution in [1.82, 2.24) is 0 Å². The number of carbonyl (C=O) groups excluding carboxylic acids is 1. The molecule has 0 aromatic carbocycles. The van der Waals surface area contributed by atoms with Crippen LogP contribution in [-0.4, -0.2) is 19.6 Å². The summed E-state index contributed by atoms with van der Waals surface area (Å²) in [6, 6.07) is 0. The molecule has 0 amide bonds. The quantitative estimate of drug-likeness (QED) is 0.273. The standard InChI is InChI=1S/C3H4O.H2O3S/c1-2-3-4;1-4(2)3/h2-3H,1H2;(H2,1,2,3)/p-2. The molecular weight excluding hydrogens is 132 g/mol. The molecule has 8 heavy (non-hydrogen) atoms. The lowest BCUT2D eigenvalue weighted by Gasteiger charge is -2.03. The highest BCUT2D eigenvalue weighted by atomic mass is 32.2. The Morgan fingerprint density at radius 1 is 1.50 bits per heavy atom. The van der Waals surface area contributed by atoms with E-state index in [1.54, 1.807) is 0 Å². The molecule has 4 nitrogen and oxygen atoms in total. The van der Waals surface area contributed by atoms with E-state index in [1.807, 2.05) is 0 Å². The Labute approximate surface area is 49.3 Å². The van der Waals surface area contributed by atoms with Crippen molar-refractivity contribution in [2.75, 3.05) is 0 Å². The fourth-order valence-corrected chi connectivity index (χ4v) is 0. The number of hydrogen-bond donors (Lipinski definition) is 0. The van der Waals surface area contributed by atoms with Gasteiger partial charge in [-0.1, -0.05) is 6.58 Å². The van der Waals surface area contributed by atoms with Crippen LogP contribution < -0.4 is 0 Å². The van der Waals surface area contributed by atoms with E-state index in [0.717, 1.165) is 0 Å². The van der Waals surface area contributed by atoms with Gasteiger partial charge in [-0.3, -0.25) is 9.00 Å². The molecule has 0 N–H and O–H groups in total. The van der Waals surface area contributed by atoms with E-state index < -0.39 is 11.4 Å². The molecule has 0 spiro atoms. The Morgan fingerprint density at radius 2 is 1.62 bits per heavy atom. The predicted octanol–water partition coefficient (Wildman–Crippen LogP) is -0.633. The molecule has 0 unspecified atom stereocenters. The maximum Gasteiger partial charge on any atom is 0.142 e. The van der Waals surface area contributed by atoms with Gasteiger partial charge in [-0.05, 0) is 6.08 Å². The van der Waals surface area contributed by atoms with Gasteiger partial charge in [0.1, 0.15) is 6.29 Å². The van der Waals surface area contributed by atoms with Crippen molar-refractivity contribution in [3.63, 3.8) is 0 Å². The third-order valence-corrected chi connectivity index (χ3v) is 0.0962. The molecule has 5 heteroatoms. The highest BCUT2D eigenvalue weighted by Gasteiger charge is 1.38. The van der Waals surface area contributed by atoms with Crippen LogP contribution in [0.15, 0.2) is 12.7 Å². The minimum absolute atomic E-state index is 0.639. The van der Waals surface area contributed by atoms with Crippen molar-refractivity contribution in [1.29, 1.82) is 0 Å². The molecule has 0 aliphatic rings. The van der Waals surface area contributed by atoms with Crippen LogP contribution in [0.2, 0.25) is 0 Å². The zero-order valence-corrected chi connectivity index (χ0v) is 4.72. The van der Waals surface area contributed by atoms with E-state index in [0.29, 0.717) is 6.29 Å². The number of hydrogen-bond acceptors (Lipinski definition) is 4. The van der Waals surface area contributed by atoms with Crippen molar-refractivity contribution < 1.29 is 18.1 Å². The molecule has 0 saturated carbocycles. The summed E-state index contributed by atoms with van der Waals surface area (Å²) >= 11 is -3.11. The van der Waals surface area contributed by atoms with E-state index in [-0.39, 0.29) is 0 Å². The first kappa shape index (κ1) is 10.5. The average Bonchev–Trinajstić information content (AvgIpc) is 1.65. The highest BCUT2D eigenvalue weighted by molar-refractivity contribution is 7.72. The Bertz CT molecular complexity index is 79.3. The molecule has 0 aromatic heterocycles. The summed E-state index contributed by atoms with van der Waals surface area (Å²) in [7, 11) is 0. The highest BCUT2D eigenvalue weighted by Crippen LogP contribution is 1.42. The second-order valence-electron chi connectivity index (χ2n) is 0.576. The Balaban J connectivity index is 0. The van der Waals surface area contributed by atoms with Gasteiger partial charge >= 0.3 is 0 Å². The summed E-state index contributed by atoms with van der Waals surface area (Å²) in [5, 5.41) is 0. The molecule has 0 heterocycles. The maximum absolute atomic E-state index is 9.06. The Morgan fingerprint density at radius 3 is 1.62 bits per heavy atom. The Kier molecular flexibility index (Phi) is 12.7. The zero-order valence-electron chi connectivity index (χ0n) is 3.90. The predicted molar refractivity (Wildman–Crippen MR) is 26.0 cm³/mol. The van der Waals surface area contributed by atoms with Crippen molar-refractivity contribution in [2.45, 2.75) is 0 Å². The lowest BCUT2D eigenvalue weighted by atomic mass is 10.8. The summed E-state index contributed by atoms with van der Waals surface area (Å²) < 4.78 is 25.3. The molecule has 0 rings (SSSR count). The van der Waals surface area contributed by atoms with Gasteiger partial charge in [-0.25, -0.2) is 0 Å². The first-order valence-corrected chi connectivity index (χ1v) is 2.48. The Hall–Kier alpha value is -0.520. The summed E-state index contributed by atoms with van der Waals surface area (Å²) in [6.45, 7) is 3.11. The van der Waals surface area contributed by atoms with Crippen LogP contribution in [-0.2, 0) is 16.2 Å². The van der Waals surface area contributed by atoms with E-state index in [9.17, 15) is 0 Å². The molecule has 0 saturated heterocycles. The van der Waals surface area contributed by atoms with Gasteiger partial charge in [0.15, 0.2) is 0 Å². The summed E-state index contributed by atoms with van der Waals surface area (Å²) in [5.74, 6) is 0. The average molecular weight is 136 g/mol. The van der Waals surface area contributed by atoms with Gasteiger partial charge in [0.2, 0.25) is 0 Å². The van der Waals surface area contributed by atoms with Crippen LogP contribution in [0.25, 0.3) is 0 Å². The molecule has 0 aromatic rings. The second kappa shape index (κ2) is 9.70. The molecule has 48 valence electrons. The molecule has 0 radical (unpaired) electrons. The topological polar surface area (TPSA) is 80.3 Å². The van der Waals surface area contributed by atoms with Crippen molar-refractivity contribution >= 4 is 17.6 Å². The van der Waals surface area contributed by atoms with Gasteiger partial charge in [-0.2, -0.15) is 0 Å². The first-order chi connectivity index (χ1) is 3.65. The minimum Gasteiger partial charge on any atom is -0.784 e. The van der Waals surface area contributed by atoms with Crippen LogP contribution in [0, 0.1) is 0 Å². The molecule has 0 atom stereocenters. The van der Waals surface area contributed by atoms with Crippen molar-refractivity contribution in [3.8, 4) is 0 Å². The van der Waals surface area contributed by atoms with E-state index in [1.165, 1.54) is 6.08 Å². The van der Waals surface area contributed by atoms with Crippen LogP contribution >= 0.6 is 0 Å². The number of allylic oxidation sites excluding steroid dienone is 1. The molecule has 0 bridgehead atoms. The van der Waals surface area contributed by atoms with Crippen LogP contribution in [0.3, 0.4) is 0 Å². The van der Waals surface area contributed by atoms with E-state index in [4.69, 9.17) is 18.1 Å². The SMILES string of the molecule is C=CC=O.O=S([O-])[O-]. The van der Waals surface area contributed by atoms with Crippen LogP contribution in [0.1, 0.15) is 0 Å². The second-order valence-corrected chi connectivity index (χ2v) is 0.984. The fourth-order valence-electron chi connectivity index (χ4n) is 0. The molecule has 0 aliphatic carbocycles. The monoisotopic (exact) mass is 136 g/mol. The number of rotatable bonds is 1. The van der Waals surface area contributed by atoms with Gasteiger partial charge in [-0.15, -0.1) is 11.4 Å².